The minimum Gasteiger partial charge on any atom is -0.318 e. The number of rotatable bonds is 4. The number of imide groups is 1. The molecule has 2 amide bonds. The summed E-state index contributed by atoms with van der Waals surface area (Å²) in [6.45, 7) is 4.39. The fraction of sp³-hybridized carbons (Fsp3) is 0.111. The van der Waals surface area contributed by atoms with Gasteiger partial charge in [0.1, 0.15) is 0 Å². The van der Waals surface area contributed by atoms with Gasteiger partial charge in [0.2, 0.25) is 0 Å². The summed E-state index contributed by atoms with van der Waals surface area (Å²) < 4.78 is 2.19. The highest BCUT2D eigenvalue weighted by Crippen LogP contribution is 2.35. The first-order chi connectivity index (χ1) is 15.5. The van der Waals surface area contributed by atoms with Crippen molar-refractivity contribution in [2.24, 2.45) is 0 Å². The molecule has 1 saturated heterocycles. The van der Waals surface area contributed by atoms with Crippen molar-refractivity contribution in [1.29, 1.82) is 0 Å². The number of hydrogen-bond acceptors (Lipinski definition) is 3. The van der Waals surface area contributed by atoms with Gasteiger partial charge in [0.15, 0.2) is 0 Å². The molecule has 2 heterocycles. The molecule has 4 aromatic rings. The second-order valence-electron chi connectivity index (χ2n) is 7.95. The average Bonchev–Trinajstić information content (AvgIpc) is 3.23. The van der Waals surface area contributed by atoms with Gasteiger partial charge in [-0.25, -0.2) is 0 Å². The second kappa shape index (κ2) is 8.17. The zero-order valence-electron chi connectivity index (χ0n) is 17.9. The minimum atomic E-state index is -0.237. The van der Waals surface area contributed by atoms with Crippen LogP contribution in [0.3, 0.4) is 0 Å². The largest absolute Gasteiger partial charge is 0.318 e. The van der Waals surface area contributed by atoms with Gasteiger partial charge < -0.3 is 4.57 Å². The standard InChI is InChI=1S/C27H22N2O2S/c1-18-14-23(19(2)29(18)24-13-12-21-10-6-7-11-22(21)15-24)16-25-26(30)28(27(31)32-25)17-20-8-4-3-5-9-20/h3-16H,17H2,1-2H3/b25-16-. The Kier molecular flexibility index (Phi) is 5.19. The van der Waals surface area contributed by atoms with Crippen LogP contribution in [-0.4, -0.2) is 20.6 Å². The first-order valence-corrected chi connectivity index (χ1v) is 11.3. The van der Waals surface area contributed by atoms with E-state index in [1.165, 1.54) is 15.7 Å². The van der Waals surface area contributed by atoms with Crippen molar-refractivity contribution in [3.8, 4) is 5.69 Å². The third-order valence-electron chi connectivity index (χ3n) is 5.81. The molecule has 32 heavy (non-hydrogen) atoms. The molecule has 0 bridgehead atoms. The summed E-state index contributed by atoms with van der Waals surface area (Å²) in [5, 5.41) is 2.15. The Labute approximate surface area is 191 Å². The topological polar surface area (TPSA) is 42.3 Å². The highest BCUT2D eigenvalue weighted by atomic mass is 32.2. The number of amides is 2. The molecule has 158 valence electrons. The molecule has 5 heteroatoms. The smallest absolute Gasteiger partial charge is 0.293 e. The number of benzene rings is 3. The lowest BCUT2D eigenvalue weighted by molar-refractivity contribution is -0.123. The molecule has 1 aliphatic rings. The predicted molar refractivity (Wildman–Crippen MR) is 131 cm³/mol. The van der Waals surface area contributed by atoms with E-state index in [0.29, 0.717) is 11.4 Å². The van der Waals surface area contributed by atoms with Crippen LogP contribution in [0, 0.1) is 13.8 Å². The fourth-order valence-electron chi connectivity index (χ4n) is 4.19. The summed E-state index contributed by atoms with van der Waals surface area (Å²) >= 11 is 1.01. The number of carbonyl (C=O) groups excluding carboxylic acids is 2. The van der Waals surface area contributed by atoms with Crippen LogP contribution >= 0.6 is 11.8 Å². The van der Waals surface area contributed by atoms with Crippen LogP contribution in [0.1, 0.15) is 22.5 Å². The van der Waals surface area contributed by atoms with Gasteiger partial charge in [-0.15, -0.1) is 0 Å². The van der Waals surface area contributed by atoms with E-state index in [1.807, 2.05) is 55.5 Å². The van der Waals surface area contributed by atoms with Crippen molar-refractivity contribution in [3.63, 3.8) is 0 Å². The number of nitrogens with zero attached hydrogens (tertiary/aromatic N) is 2. The van der Waals surface area contributed by atoms with E-state index in [1.54, 1.807) is 0 Å². The van der Waals surface area contributed by atoms with E-state index in [0.717, 1.165) is 40.0 Å². The SMILES string of the molecule is Cc1cc(/C=C2\SC(=O)N(Cc3ccccc3)C2=O)c(C)n1-c1ccc2ccccc2c1. The van der Waals surface area contributed by atoms with E-state index in [-0.39, 0.29) is 11.1 Å². The Bertz CT molecular complexity index is 1390. The van der Waals surface area contributed by atoms with Crippen molar-refractivity contribution in [2.75, 3.05) is 0 Å². The monoisotopic (exact) mass is 438 g/mol. The molecule has 0 aliphatic carbocycles. The molecular weight excluding hydrogens is 416 g/mol. The van der Waals surface area contributed by atoms with Crippen molar-refractivity contribution in [3.05, 3.63) is 106 Å². The first kappa shape index (κ1) is 20.3. The summed E-state index contributed by atoms with van der Waals surface area (Å²) in [4.78, 5) is 27.2. The van der Waals surface area contributed by atoms with Gasteiger partial charge in [0, 0.05) is 17.1 Å². The van der Waals surface area contributed by atoms with Gasteiger partial charge in [-0.05, 0) is 71.8 Å². The van der Waals surface area contributed by atoms with Crippen LogP contribution in [-0.2, 0) is 11.3 Å². The fourth-order valence-corrected chi connectivity index (χ4v) is 5.02. The Balaban J connectivity index is 1.47. The molecule has 0 radical (unpaired) electrons. The van der Waals surface area contributed by atoms with Gasteiger partial charge >= 0.3 is 0 Å². The highest BCUT2D eigenvalue weighted by molar-refractivity contribution is 8.18. The average molecular weight is 439 g/mol. The normalized spacial score (nSPS) is 15.3. The number of thioether (sulfide) groups is 1. The third kappa shape index (κ3) is 3.65. The maximum atomic E-state index is 13.0. The molecule has 1 fully saturated rings. The molecule has 0 atom stereocenters. The number of carbonyl (C=O) groups is 2. The molecule has 0 spiro atoms. The number of aromatic nitrogens is 1. The lowest BCUT2D eigenvalue weighted by Crippen LogP contribution is -2.27. The lowest BCUT2D eigenvalue weighted by atomic mass is 10.1. The number of hydrogen-bond donors (Lipinski definition) is 0. The van der Waals surface area contributed by atoms with E-state index in [4.69, 9.17) is 0 Å². The molecule has 3 aromatic carbocycles. The molecule has 0 unspecified atom stereocenters. The third-order valence-corrected chi connectivity index (χ3v) is 6.71. The van der Waals surface area contributed by atoms with Gasteiger partial charge in [-0.1, -0.05) is 60.7 Å². The summed E-state index contributed by atoms with van der Waals surface area (Å²) in [5.74, 6) is -0.237. The van der Waals surface area contributed by atoms with Gasteiger partial charge in [0.05, 0.1) is 11.4 Å². The van der Waals surface area contributed by atoms with E-state index in [9.17, 15) is 9.59 Å². The van der Waals surface area contributed by atoms with Crippen molar-refractivity contribution < 1.29 is 9.59 Å². The minimum absolute atomic E-state index is 0.228. The van der Waals surface area contributed by atoms with Gasteiger partial charge in [-0.3, -0.25) is 14.5 Å². The van der Waals surface area contributed by atoms with Crippen LogP contribution in [0.15, 0.2) is 83.8 Å². The van der Waals surface area contributed by atoms with Gasteiger partial charge in [0.25, 0.3) is 11.1 Å². The van der Waals surface area contributed by atoms with E-state index < -0.39 is 0 Å². The summed E-state index contributed by atoms with van der Waals surface area (Å²) in [7, 11) is 0. The maximum absolute atomic E-state index is 13.0. The van der Waals surface area contributed by atoms with E-state index >= 15 is 0 Å². The zero-order chi connectivity index (χ0) is 22.2. The Hall–Kier alpha value is -3.57. The van der Waals surface area contributed by atoms with Crippen LogP contribution in [0.25, 0.3) is 22.5 Å². The Morgan fingerprint density at radius 2 is 1.56 bits per heavy atom. The van der Waals surface area contributed by atoms with Gasteiger partial charge in [-0.2, -0.15) is 0 Å². The Morgan fingerprint density at radius 1 is 0.844 bits per heavy atom. The van der Waals surface area contributed by atoms with Crippen LogP contribution < -0.4 is 0 Å². The van der Waals surface area contributed by atoms with Crippen molar-refractivity contribution in [2.45, 2.75) is 20.4 Å². The number of fused-ring (bicyclic) bond motifs is 1. The Morgan fingerprint density at radius 3 is 2.34 bits per heavy atom. The molecule has 0 saturated carbocycles. The summed E-state index contributed by atoms with van der Waals surface area (Å²) in [5.41, 5.74) is 5.07. The maximum Gasteiger partial charge on any atom is 0.293 e. The van der Waals surface area contributed by atoms with Crippen molar-refractivity contribution >= 4 is 39.8 Å². The second-order valence-corrected chi connectivity index (χ2v) is 8.94. The highest BCUT2D eigenvalue weighted by Gasteiger charge is 2.35. The molecule has 1 aliphatic heterocycles. The predicted octanol–water partition coefficient (Wildman–Crippen LogP) is 6.48. The molecule has 4 nitrogen and oxygen atoms in total. The molecule has 0 N–H and O–H groups in total. The van der Waals surface area contributed by atoms with Crippen LogP contribution in [0.4, 0.5) is 4.79 Å². The molecule has 1 aromatic heterocycles. The number of aryl methyl sites for hydroxylation is 1. The molecular formula is C27H22N2O2S. The van der Waals surface area contributed by atoms with E-state index in [2.05, 4.69) is 47.9 Å². The quantitative estimate of drug-likeness (QED) is 0.342. The first-order valence-electron chi connectivity index (χ1n) is 10.5. The van der Waals surface area contributed by atoms with Crippen molar-refractivity contribution in [1.82, 2.24) is 9.47 Å². The lowest BCUT2D eigenvalue weighted by Gasteiger charge is -2.12. The van der Waals surface area contributed by atoms with Crippen LogP contribution in [0.2, 0.25) is 0 Å². The van der Waals surface area contributed by atoms with Crippen LogP contribution in [0.5, 0.6) is 0 Å². The zero-order valence-corrected chi connectivity index (χ0v) is 18.7. The summed E-state index contributed by atoms with van der Waals surface area (Å²) in [6, 6.07) is 26.3. The molecule has 5 rings (SSSR count). The summed E-state index contributed by atoms with van der Waals surface area (Å²) in [6.07, 6.45) is 1.84.